The number of nitrogens with one attached hydrogen (secondary N) is 1. The van der Waals surface area contributed by atoms with Gasteiger partial charge in [-0.3, -0.25) is 5.09 Å². The number of rotatable bonds is 9. The molecule has 90 valence electrons. The van der Waals surface area contributed by atoms with Crippen LogP contribution in [-0.4, -0.2) is 53.6 Å². The van der Waals surface area contributed by atoms with Gasteiger partial charge in [0.1, 0.15) is 11.9 Å². The highest BCUT2D eigenvalue weighted by atomic mass is 31.1. The molecule has 0 aromatic rings. The highest BCUT2D eigenvalue weighted by molar-refractivity contribution is 7.43. The lowest BCUT2D eigenvalue weighted by Crippen LogP contribution is -2.32. The topological polar surface area (TPSA) is 99.0 Å². The molecule has 0 aromatic carbocycles. The van der Waals surface area contributed by atoms with Gasteiger partial charge in [0.25, 0.3) is 0 Å². The summed E-state index contributed by atoms with van der Waals surface area (Å²) in [4.78, 5) is 0. The highest BCUT2D eigenvalue weighted by Crippen LogP contribution is 2.26. The van der Waals surface area contributed by atoms with Crippen LogP contribution in [-0.2, 0) is 9.30 Å². The Hall–Kier alpha value is -0.230. The van der Waals surface area contributed by atoms with Crippen molar-refractivity contribution < 1.29 is 24.6 Å². The van der Waals surface area contributed by atoms with Crippen LogP contribution in [0.25, 0.3) is 0 Å². The maximum absolute atomic E-state index is 11.5. The van der Waals surface area contributed by atoms with Crippen LogP contribution < -0.4 is 5.09 Å². The molecule has 0 rings (SSSR count). The second-order valence-corrected chi connectivity index (χ2v) is 4.46. The first-order valence-corrected chi connectivity index (χ1v) is 6.06. The van der Waals surface area contributed by atoms with Gasteiger partial charge in [0.05, 0.1) is 19.8 Å². The maximum atomic E-state index is 11.5. The summed E-state index contributed by atoms with van der Waals surface area (Å²) in [7, 11) is -2.41. The molecule has 0 fully saturated rings. The Balaban J connectivity index is 4.19. The zero-order chi connectivity index (χ0) is 11.7. The summed E-state index contributed by atoms with van der Waals surface area (Å²) < 4.78 is 16.6. The van der Waals surface area contributed by atoms with E-state index in [0.717, 1.165) is 0 Å². The molecule has 0 radical (unpaired) electrons. The van der Waals surface area contributed by atoms with Crippen LogP contribution in [0.4, 0.5) is 0 Å². The Morgan fingerprint density at radius 1 is 1.53 bits per heavy atom. The molecule has 4 N–H and O–H groups in total. The fourth-order valence-corrected chi connectivity index (χ4v) is 2.17. The molecule has 0 aromatic heterocycles. The fourth-order valence-electron chi connectivity index (χ4n) is 0.909. The molecule has 0 spiro atoms. The van der Waals surface area contributed by atoms with Gasteiger partial charge in [-0.05, 0) is 0 Å². The van der Waals surface area contributed by atoms with Gasteiger partial charge in [-0.15, -0.1) is 6.58 Å². The van der Waals surface area contributed by atoms with Gasteiger partial charge in [0.15, 0.2) is 7.95 Å². The van der Waals surface area contributed by atoms with E-state index in [9.17, 15) is 9.67 Å². The number of hydrogen-bond acceptors (Lipinski definition) is 5. The number of aliphatic hydroxyl groups excluding tert-OH is 3. The van der Waals surface area contributed by atoms with Crippen molar-refractivity contribution in [1.29, 1.82) is 0 Å². The first-order valence-electron chi connectivity index (χ1n) is 4.57. The second-order valence-electron chi connectivity index (χ2n) is 2.81. The second kappa shape index (κ2) is 9.03. The minimum absolute atomic E-state index is 0.138. The Bertz CT molecular complexity index is 201. The van der Waals surface area contributed by atoms with Crippen LogP contribution in [0.1, 0.15) is 0 Å². The highest BCUT2D eigenvalue weighted by Gasteiger charge is 2.24. The number of hydrogen-bond donors (Lipinski definition) is 4. The van der Waals surface area contributed by atoms with E-state index in [1.807, 2.05) is 0 Å². The van der Waals surface area contributed by atoms with Gasteiger partial charge in [0.2, 0.25) is 0 Å². The maximum Gasteiger partial charge on any atom is 0.166 e. The third-order valence-electron chi connectivity index (χ3n) is 1.60. The van der Waals surface area contributed by atoms with Gasteiger partial charge in [-0.2, -0.15) is 0 Å². The lowest BCUT2D eigenvalue weighted by Gasteiger charge is -2.21. The molecule has 0 saturated carbocycles. The van der Waals surface area contributed by atoms with Crippen molar-refractivity contribution in [1.82, 2.24) is 5.09 Å². The Kier molecular flexibility index (Phi) is 8.89. The molecule has 0 aliphatic heterocycles. The smallest absolute Gasteiger partial charge is 0.166 e. The standard InChI is InChI=1S/C8H18NO5P/c1-2-5-14-8(7(12)6-11)15(13)9-3-4-10/h2,7-8,10-12,15H,1,3-6H2,(H,9,13)/t7-,8?/m0/s1. The third-order valence-corrected chi connectivity index (χ3v) is 3.27. The molecular formula is C8H18NO5P. The average Bonchev–Trinajstić information content (AvgIpc) is 2.26. The predicted octanol–water partition coefficient (Wildman–Crippen LogP) is -1.08. The molecule has 6 nitrogen and oxygen atoms in total. The average molecular weight is 239 g/mol. The van der Waals surface area contributed by atoms with Gasteiger partial charge >= 0.3 is 0 Å². The van der Waals surface area contributed by atoms with Crippen molar-refractivity contribution >= 4 is 7.95 Å². The molecule has 0 aliphatic carbocycles. The van der Waals surface area contributed by atoms with Crippen molar-refractivity contribution in [3.8, 4) is 0 Å². The van der Waals surface area contributed by atoms with Gasteiger partial charge in [-0.1, -0.05) is 6.08 Å². The minimum atomic E-state index is -2.41. The summed E-state index contributed by atoms with van der Waals surface area (Å²) in [5, 5.41) is 29.1. The summed E-state index contributed by atoms with van der Waals surface area (Å²) >= 11 is 0. The van der Waals surface area contributed by atoms with E-state index in [2.05, 4.69) is 11.7 Å². The van der Waals surface area contributed by atoms with E-state index in [4.69, 9.17) is 14.9 Å². The summed E-state index contributed by atoms with van der Waals surface area (Å²) in [6, 6.07) is 0. The lowest BCUT2D eigenvalue weighted by molar-refractivity contribution is -0.00867. The van der Waals surface area contributed by atoms with E-state index in [1.54, 1.807) is 0 Å². The summed E-state index contributed by atoms with van der Waals surface area (Å²) in [6.07, 6.45) is 0.251. The van der Waals surface area contributed by atoms with Gasteiger partial charge in [0, 0.05) is 6.54 Å². The molecule has 7 heteroatoms. The van der Waals surface area contributed by atoms with Crippen LogP contribution in [0.5, 0.6) is 0 Å². The molecule has 0 bridgehead atoms. The molecule has 15 heavy (non-hydrogen) atoms. The Morgan fingerprint density at radius 3 is 2.67 bits per heavy atom. The summed E-state index contributed by atoms with van der Waals surface area (Å²) in [5.74, 6) is -0.968. The van der Waals surface area contributed by atoms with Crippen molar-refractivity contribution in [3.63, 3.8) is 0 Å². The van der Waals surface area contributed by atoms with E-state index < -0.39 is 26.5 Å². The van der Waals surface area contributed by atoms with Crippen LogP contribution in [0.3, 0.4) is 0 Å². The van der Waals surface area contributed by atoms with Crippen molar-refractivity contribution in [2.24, 2.45) is 0 Å². The van der Waals surface area contributed by atoms with Crippen molar-refractivity contribution in [3.05, 3.63) is 12.7 Å². The molecule has 3 atom stereocenters. The number of aliphatic hydroxyl groups is 3. The zero-order valence-electron chi connectivity index (χ0n) is 8.43. The quantitative estimate of drug-likeness (QED) is 0.302. The SMILES string of the molecule is C=CCOC([C@@H](O)CO)[PH](=O)NCCO. The molecule has 0 saturated heterocycles. The normalized spacial score (nSPS) is 17.0. The largest absolute Gasteiger partial charge is 0.395 e. The van der Waals surface area contributed by atoms with Crippen molar-refractivity contribution in [2.45, 2.75) is 11.9 Å². The monoisotopic (exact) mass is 239 g/mol. The summed E-state index contributed by atoms with van der Waals surface area (Å²) in [6.45, 7) is 3.03. The predicted molar refractivity (Wildman–Crippen MR) is 57.1 cm³/mol. The Morgan fingerprint density at radius 2 is 2.20 bits per heavy atom. The summed E-state index contributed by atoms with van der Waals surface area (Å²) in [5.41, 5.74) is 0. The Labute approximate surface area is 89.4 Å². The van der Waals surface area contributed by atoms with Gasteiger partial charge < -0.3 is 24.6 Å². The van der Waals surface area contributed by atoms with Crippen molar-refractivity contribution in [2.75, 3.05) is 26.4 Å². The van der Waals surface area contributed by atoms with E-state index in [-0.39, 0.29) is 19.8 Å². The van der Waals surface area contributed by atoms with E-state index in [0.29, 0.717) is 0 Å². The number of ether oxygens (including phenoxy) is 1. The lowest BCUT2D eigenvalue weighted by atomic mass is 10.4. The zero-order valence-corrected chi connectivity index (χ0v) is 9.43. The van der Waals surface area contributed by atoms with Crippen LogP contribution in [0.2, 0.25) is 0 Å². The van der Waals surface area contributed by atoms with Crippen LogP contribution >= 0.6 is 7.95 Å². The minimum Gasteiger partial charge on any atom is -0.395 e. The van der Waals surface area contributed by atoms with Crippen LogP contribution in [0.15, 0.2) is 12.7 Å². The molecule has 0 aliphatic rings. The van der Waals surface area contributed by atoms with E-state index in [1.165, 1.54) is 6.08 Å². The third kappa shape index (κ3) is 6.04. The first-order chi connectivity index (χ1) is 7.17. The molecule has 0 amide bonds. The van der Waals surface area contributed by atoms with Gasteiger partial charge in [-0.25, -0.2) is 0 Å². The van der Waals surface area contributed by atoms with E-state index >= 15 is 0 Å². The molecular weight excluding hydrogens is 221 g/mol. The molecule has 0 heterocycles. The van der Waals surface area contributed by atoms with Crippen LogP contribution in [0, 0.1) is 0 Å². The first kappa shape index (κ1) is 14.8. The molecule has 2 unspecified atom stereocenters. The fraction of sp³-hybridized carbons (Fsp3) is 0.750.